The number of allylic oxidation sites excluding steroid dienone is 1. The van der Waals surface area contributed by atoms with E-state index in [2.05, 4.69) is 20.8 Å². The van der Waals surface area contributed by atoms with E-state index in [1.807, 2.05) is 0 Å². The van der Waals surface area contributed by atoms with E-state index in [0.29, 0.717) is 18.3 Å². The summed E-state index contributed by atoms with van der Waals surface area (Å²) < 4.78 is 0. The van der Waals surface area contributed by atoms with E-state index in [1.165, 1.54) is 6.92 Å². The van der Waals surface area contributed by atoms with Crippen molar-refractivity contribution in [1.82, 2.24) is 0 Å². The minimum Gasteiger partial charge on any atom is -0.545 e. The second-order valence-electron chi connectivity index (χ2n) is 5.72. The third-order valence-corrected chi connectivity index (χ3v) is 3.18. The SMILES string of the molecule is CC(=C\C(=O)[O-])/C(=C/C[C@H](C)CCCC(C)C)C(=O)[O-].[Na+].[Na+]. The van der Waals surface area contributed by atoms with Crippen LogP contribution in [0.2, 0.25) is 0 Å². The van der Waals surface area contributed by atoms with Crippen LogP contribution in [0.15, 0.2) is 23.3 Å². The first-order valence-corrected chi connectivity index (χ1v) is 7.05. The molecule has 0 bridgehead atoms. The summed E-state index contributed by atoms with van der Waals surface area (Å²) in [7, 11) is 0. The third kappa shape index (κ3) is 14.0. The van der Waals surface area contributed by atoms with Gasteiger partial charge in [0, 0.05) is 0 Å². The summed E-state index contributed by atoms with van der Waals surface area (Å²) in [5.41, 5.74) is 0.0873. The predicted octanol–water partition coefficient (Wildman–Crippen LogP) is -4.78. The van der Waals surface area contributed by atoms with Crippen molar-refractivity contribution in [2.24, 2.45) is 11.8 Å². The molecule has 0 saturated carbocycles. The first-order chi connectivity index (χ1) is 9.23. The van der Waals surface area contributed by atoms with Gasteiger partial charge in [-0.25, -0.2) is 0 Å². The number of carboxylic acid groups (broad SMARTS) is 2. The fourth-order valence-corrected chi connectivity index (χ4v) is 1.97. The Morgan fingerprint density at radius 3 is 2.00 bits per heavy atom. The predicted molar refractivity (Wildman–Crippen MR) is 74.3 cm³/mol. The maximum atomic E-state index is 11.0. The molecule has 1 atom stereocenters. The fraction of sp³-hybridized carbons (Fsp3) is 0.625. The molecular weight excluding hydrogens is 302 g/mol. The summed E-state index contributed by atoms with van der Waals surface area (Å²) in [4.78, 5) is 21.5. The molecule has 0 fully saturated rings. The molecule has 0 unspecified atom stereocenters. The zero-order valence-electron chi connectivity index (χ0n) is 14.8. The fourth-order valence-electron chi connectivity index (χ4n) is 1.97. The minimum absolute atomic E-state index is 0. The van der Waals surface area contributed by atoms with Gasteiger partial charge in [-0.1, -0.05) is 46.1 Å². The molecule has 114 valence electrons. The van der Waals surface area contributed by atoms with E-state index in [4.69, 9.17) is 0 Å². The first kappa shape index (κ1) is 27.3. The first-order valence-electron chi connectivity index (χ1n) is 7.05. The second kappa shape index (κ2) is 15.0. The molecule has 0 saturated heterocycles. The van der Waals surface area contributed by atoms with Crippen LogP contribution in [-0.2, 0) is 9.59 Å². The molecular formula is C16H24Na2O4. The summed E-state index contributed by atoms with van der Waals surface area (Å²) in [6.07, 6.45) is 6.22. The van der Waals surface area contributed by atoms with Gasteiger partial charge in [0.25, 0.3) is 0 Å². The zero-order valence-corrected chi connectivity index (χ0v) is 18.8. The maximum absolute atomic E-state index is 11.0. The number of hydrogen-bond donors (Lipinski definition) is 0. The third-order valence-electron chi connectivity index (χ3n) is 3.18. The summed E-state index contributed by atoms with van der Waals surface area (Å²) in [5.74, 6) is -1.72. The molecule has 22 heavy (non-hydrogen) atoms. The molecule has 0 spiro atoms. The van der Waals surface area contributed by atoms with Crippen LogP contribution in [0.1, 0.15) is 53.4 Å². The summed E-state index contributed by atoms with van der Waals surface area (Å²) in [6.45, 7) is 7.84. The van der Waals surface area contributed by atoms with Gasteiger partial charge in [0.05, 0.1) is 11.9 Å². The van der Waals surface area contributed by atoms with Crippen LogP contribution in [0.3, 0.4) is 0 Å². The van der Waals surface area contributed by atoms with Crippen LogP contribution in [-0.4, -0.2) is 11.9 Å². The van der Waals surface area contributed by atoms with Crippen molar-refractivity contribution >= 4 is 11.9 Å². The Hall–Kier alpha value is 0.420. The van der Waals surface area contributed by atoms with Crippen molar-refractivity contribution in [3.05, 3.63) is 23.3 Å². The van der Waals surface area contributed by atoms with Crippen molar-refractivity contribution in [2.75, 3.05) is 0 Å². The Bertz CT molecular complexity index is 401. The van der Waals surface area contributed by atoms with Crippen LogP contribution >= 0.6 is 0 Å². The van der Waals surface area contributed by atoms with Gasteiger partial charge in [-0.3, -0.25) is 0 Å². The molecule has 0 aliphatic carbocycles. The van der Waals surface area contributed by atoms with Gasteiger partial charge in [-0.05, 0) is 42.4 Å². The quantitative estimate of drug-likeness (QED) is 0.242. The van der Waals surface area contributed by atoms with Crippen LogP contribution in [0.5, 0.6) is 0 Å². The van der Waals surface area contributed by atoms with Gasteiger partial charge in [-0.2, -0.15) is 0 Å². The summed E-state index contributed by atoms with van der Waals surface area (Å²) >= 11 is 0. The Morgan fingerprint density at radius 2 is 1.59 bits per heavy atom. The average molecular weight is 326 g/mol. The number of hydrogen-bond acceptors (Lipinski definition) is 4. The van der Waals surface area contributed by atoms with E-state index >= 15 is 0 Å². The summed E-state index contributed by atoms with van der Waals surface area (Å²) in [5, 5.41) is 21.5. The van der Waals surface area contributed by atoms with Gasteiger partial charge in [0.15, 0.2) is 0 Å². The van der Waals surface area contributed by atoms with Crippen LogP contribution in [0.25, 0.3) is 0 Å². The second-order valence-corrected chi connectivity index (χ2v) is 5.72. The molecule has 0 aliphatic rings. The van der Waals surface area contributed by atoms with Crippen molar-refractivity contribution in [1.29, 1.82) is 0 Å². The number of carbonyl (C=O) groups excluding carboxylic acids is 2. The topological polar surface area (TPSA) is 80.3 Å². The van der Waals surface area contributed by atoms with Crippen molar-refractivity contribution in [2.45, 2.75) is 53.4 Å². The van der Waals surface area contributed by atoms with Crippen LogP contribution in [0, 0.1) is 11.8 Å². The molecule has 0 rings (SSSR count). The van der Waals surface area contributed by atoms with Crippen molar-refractivity contribution in [3.8, 4) is 0 Å². The normalized spacial score (nSPS) is 13.1. The minimum atomic E-state index is -1.40. The smallest absolute Gasteiger partial charge is 0.545 e. The van der Waals surface area contributed by atoms with E-state index < -0.39 is 11.9 Å². The molecule has 0 aliphatic heterocycles. The number of rotatable bonds is 9. The summed E-state index contributed by atoms with van der Waals surface area (Å²) in [6, 6.07) is 0. The molecule has 0 radical (unpaired) electrons. The van der Waals surface area contributed by atoms with E-state index in [1.54, 1.807) is 6.08 Å². The Kier molecular flexibility index (Phi) is 18.6. The molecule has 6 heteroatoms. The van der Waals surface area contributed by atoms with E-state index in [9.17, 15) is 19.8 Å². The van der Waals surface area contributed by atoms with Gasteiger partial charge >= 0.3 is 59.1 Å². The number of carbonyl (C=O) groups is 2. The van der Waals surface area contributed by atoms with Gasteiger partial charge < -0.3 is 19.8 Å². The molecule has 0 amide bonds. The molecule has 0 aromatic heterocycles. The van der Waals surface area contributed by atoms with Crippen molar-refractivity contribution in [3.63, 3.8) is 0 Å². The van der Waals surface area contributed by atoms with Crippen molar-refractivity contribution < 1.29 is 78.9 Å². The number of aliphatic carboxylic acids is 2. The number of carboxylic acids is 2. The molecule has 0 N–H and O–H groups in total. The standard InChI is InChI=1S/C16H26O4.2Na/c1-11(2)6-5-7-12(3)8-9-14(16(19)20)13(4)10-15(17)18;;/h9-12H,5-8H2,1-4H3,(H,17,18)(H,19,20);;/q;2*+1/p-2/b13-10+,14-9-;;/t12-;;/m1../s1. The van der Waals surface area contributed by atoms with Gasteiger partial charge in [-0.15, -0.1) is 0 Å². The molecule has 0 heterocycles. The van der Waals surface area contributed by atoms with E-state index in [0.717, 1.165) is 25.3 Å². The Labute approximate surface area is 178 Å². The molecule has 4 nitrogen and oxygen atoms in total. The molecule has 0 aromatic carbocycles. The zero-order chi connectivity index (χ0) is 15.7. The molecule has 0 aromatic rings. The largest absolute Gasteiger partial charge is 1.00 e. The van der Waals surface area contributed by atoms with Crippen LogP contribution in [0.4, 0.5) is 0 Å². The average Bonchev–Trinajstić information content (AvgIpc) is 2.26. The van der Waals surface area contributed by atoms with Gasteiger partial charge in [0.2, 0.25) is 0 Å². The Morgan fingerprint density at radius 1 is 1.05 bits per heavy atom. The Balaban J connectivity index is -0.00000180. The van der Waals surface area contributed by atoms with Gasteiger partial charge in [0.1, 0.15) is 0 Å². The van der Waals surface area contributed by atoms with Crippen LogP contribution < -0.4 is 69.3 Å². The monoisotopic (exact) mass is 326 g/mol. The van der Waals surface area contributed by atoms with E-state index in [-0.39, 0.29) is 70.3 Å². The maximum Gasteiger partial charge on any atom is 1.00 e.